The van der Waals surface area contributed by atoms with Crippen molar-refractivity contribution in [1.82, 2.24) is 4.98 Å². The van der Waals surface area contributed by atoms with Crippen molar-refractivity contribution in [1.29, 1.82) is 0 Å². The lowest BCUT2D eigenvalue weighted by molar-refractivity contribution is -0.156. The molecule has 40 heavy (non-hydrogen) atoms. The highest BCUT2D eigenvalue weighted by Crippen LogP contribution is 2.46. The smallest absolute Gasteiger partial charge is 0.309 e. The third-order valence-electron chi connectivity index (χ3n) is 8.96. The standard InChI is InChI=1S/C33H45NO6/c1-20(2)13-15-23-30(37)21(3)10-9-17-33(6)28(40-33)18-26(25-16-14-22-11-7-8-12-24(22)34-25)39-29(36)19-27(35)32(4,5)31(23)38/h7-8,11-14,16,21,23,26-28,30,35,37H,9-10,15,17-19H2,1-6H3/t21-,23+,26-,27-,28?,30+,33?/m0/s1. The van der Waals surface area contributed by atoms with Gasteiger partial charge in [0.1, 0.15) is 11.9 Å². The highest BCUT2D eigenvalue weighted by Gasteiger charge is 2.53. The highest BCUT2D eigenvalue weighted by molar-refractivity contribution is 5.88. The van der Waals surface area contributed by atoms with Crippen molar-refractivity contribution in [3.8, 4) is 0 Å². The van der Waals surface area contributed by atoms with Gasteiger partial charge in [-0.1, -0.05) is 63.1 Å². The zero-order valence-corrected chi connectivity index (χ0v) is 24.7. The van der Waals surface area contributed by atoms with E-state index in [0.717, 1.165) is 35.7 Å². The Bertz CT molecular complexity index is 1250. The molecule has 2 aliphatic rings. The Balaban J connectivity index is 1.63. The van der Waals surface area contributed by atoms with Gasteiger partial charge < -0.3 is 19.7 Å². The SMILES string of the molecule is CC(C)=CC[C@H]1C(=O)C(C)(C)[C@@H](O)CC(=O)O[C@H](c2ccc3ccccc3n2)CC2OC2(C)CCC[C@H](C)[C@H]1O. The van der Waals surface area contributed by atoms with Crippen molar-refractivity contribution in [2.75, 3.05) is 0 Å². The van der Waals surface area contributed by atoms with Gasteiger partial charge in [-0.2, -0.15) is 0 Å². The second kappa shape index (κ2) is 12.1. The fourth-order valence-corrected chi connectivity index (χ4v) is 5.86. The monoisotopic (exact) mass is 551 g/mol. The maximum Gasteiger partial charge on any atom is 0.309 e. The fraction of sp³-hybridized carbons (Fsp3) is 0.606. The van der Waals surface area contributed by atoms with Gasteiger partial charge in [0.25, 0.3) is 0 Å². The summed E-state index contributed by atoms with van der Waals surface area (Å²) in [6.45, 7) is 11.3. The van der Waals surface area contributed by atoms with Crippen LogP contribution in [0.25, 0.3) is 10.9 Å². The summed E-state index contributed by atoms with van der Waals surface area (Å²) < 4.78 is 12.1. The second-order valence-corrected chi connectivity index (χ2v) is 12.9. The molecule has 3 heterocycles. The third kappa shape index (κ3) is 6.81. The maximum absolute atomic E-state index is 13.8. The van der Waals surface area contributed by atoms with Gasteiger partial charge >= 0.3 is 5.97 Å². The van der Waals surface area contributed by atoms with Gasteiger partial charge in [0.05, 0.1) is 47.0 Å². The first kappa shape index (κ1) is 30.4. The number of epoxide rings is 1. The average Bonchev–Trinajstić information content (AvgIpc) is 3.55. The summed E-state index contributed by atoms with van der Waals surface area (Å²) in [5.41, 5.74) is 0.895. The summed E-state index contributed by atoms with van der Waals surface area (Å²) >= 11 is 0. The normalized spacial score (nSPS) is 33.6. The molecule has 0 amide bonds. The van der Waals surface area contributed by atoms with Crippen molar-refractivity contribution < 1.29 is 29.3 Å². The van der Waals surface area contributed by atoms with Crippen molar-refractivity contribution in [2.24, 2.45) is 17.3 Å². The van der Waals surface area contributed by atoms with Gasteiger partial charge in [-0.25, -0.2) is 4.98 Å². The topological polar surface area (TPSA) is 109 Å². The first-order valence-electron chi connectivity index (χ1n) is 14.6. The molecule has 1 aromatic carbocycles. The molecule has 4 rings (SSSR count). The number of para-hydroxylation sites is 1. The molecular weight excluding hydrogens is 506 g/mol. The lowest BCUT2D eigenvalue weighted by Gasteiger charge is -2.35. The molecule has 2 saturated heterocycles. The van der Waals surface area contributed by atoms with Crippen LogP contribution in [-0.2, 0) is 19.1 Å². The number of pyridine rings is 1. The van der Waals surface area contributed by atoms with Crippen LogP contribution in [0.5, 0.6) is 0 Å². The Morgan fingerprint density at radius 2 is 1.82 bits per heavy atom. The van der Waals surface area contributed by atoms with Gasteiger partial charge in [0, 0.05) is 17.7 Å². The van der Waals surface area contributed by atoms with E-state index in [4.69, 9.17) is 14.5 Å². The van der Waals surface area contributed by atoms with Crippen molar-refractivity contribution in [3.63, 3.8) is 0 Å². The molecule has 2 N–H and O–H groups in total. The number of aliphatic hydroxyl groups is 2. The van der Waals surface area contributed by atoms with Gasteiger partial charge in [0.2, 0.25) is 0 Å². The van der Waals surface area contributed by atoms with Crippen LogP contribution < -0.4 is 0 Å². The largest absolute Gasteiger partial charge is 0.456 e. The lowest BCUT2D eigenvalue weighted by Crippen LogP contribution is -2.46. The molecule has 218 valence electrons. The number of carbonyl (C=O) groups excluding carboxylic acids is 2. The molecule has 0 saturated carbocycles. The molecule has 7 heteroatoms. The number of nitrogens with zero attached hydrogens (tertiary/aromatic N) is 1. The van der Waals surface area contributed by atoms with E-state index in [1.165, 1.54) is 0 Å². The molecular formula is C33H45NO6. The van der Waals surface area contributed by atoms with Crippen LogP contribution in [0.2, 0.25) is 0 Å². The first-order chi connectivity index (χ1) is 18.8. The van der Waals surface area contributed by atoms with E-state index in [9.17, 15) is 19.8 Å². The van der Waals surface area contributed by atoms with Crippen LogP contribution >= 0.6 is 0 Å². The molecule has 0 radical (unpaired) electrons. The molecule has 0 aliphatic carbocycles. The van der Waals surface area contributed by atoms with E-state index in [0.29, 0.717) is 18.5 Å². The molecule has 2 unspecified atom stereocenters. The summed E-state index contributed by atoms with van der Waals surface area (Å²) in [5, 5.41) is 23.5. The number of cyclic esters (lactones) is 1. The number of Topliss-reactive ketones (excluding diaryl/α,β-unsaturated/α-hetero) is 1. The van der Waals surface area contributed by atoms with Crippen LogP contribution in [-0.4, -0.2) is 50.9 Å². The van der Waals surface area contributed by atoms with Crippen molar-refractivity contribution in [3.05, 3.63) is 53.7 Å². The van der Waals surface area contributed by atoms with Crippen molar-refractivity contribution in [2.45, 2.75) is 110 Å². The number of fused-ring (bicyclic) bond motifs is 2. The summed E-state index contributed by atoms with van der Waals surface area (Å²) in [6, 6.07) is 11.6. The van der Waals surface area contributed by atoms with E-state index in [2.05, 4.69) is 6.92 Å². The minimum atomic E-state index is -1.27. The highest BCUT2D eigenvalue weighted by atomic mass is 16.6. The summed E-state index contributed by atoms with van der Waals surface area (Å²) in [6.07, 6.45) is 1.96. The minimum Gasteiger partial charge on any atom is -0.456 e. The zero-order valence-electron chi connectivity index (χ0n) is 24.7. The van der Waals surface area contributed by atoms with E-state index in [1.54, 1.807) is 13.8 Å². The van der Waals surface area contributed by atoms with Crippen LogP contribution in [0.15, 0.2) is 48.0 Å². The van der Waals surface area contributed by atoms with E-state index >= 15 is 0 Å². The fourth-order valence-electron chi connectivity index (χ4n) is 5.86. The number of hydrogen-bond acceptors (Lipinski definition) is 7. The van der Waals surface area contributed by atoms with Gasteiger partial charge in [-0.15, -0.1) is 0 Å². The van der Waals surface area contributed by atoms with Gasteiger partial charge in [-0.05, 0) is 58.1 Å². The zero-order chi connectivity index (χ0) is 29.2. The molecule has 2 aliphatic heterocycles. The number of aromatic nitrogens is 1. The predicted molar refractivity (Wildman–Crippen MR) is 154 cm³/mol. The Morgan fingerprint density at radius 1 is 1.10 bits per heavy atom. The maximum atomic E-state index is 13.8. The number of ether oxygens (including phenoxy) is 2. The van der Waals surface area contributed by atoms with E-state index in [1.807, 2.05) is 63.2 Å². The Labute approximate surface area is 238 Å². The van der Waals surface area contributed by atoms with Crippen LogP contribution in [0, 0.1) is 17.3 Å². The summed E-state index contributed by atoms with van der Waals surface area (Å²) in [4.78, 5) is 31.8. The van der Waals surface area contributed by atoms with E-state index in [-0.39, 0.29) is 29.8 Å². The molecule has 0 bridgehead atoms. The predicted octanol–water partition coefficient (Wildman–Crippen LogP) is 5.87. The Morgan fingerprint density at radius 3 is 2.55 bits per heavy atom. The molecule has 2 aromatic rings. The van der Waals surface area contributed by atoms with Gasteiger partial charge in [0.15, 0.2) is 0 Å². The molecule has 7 nitrogen and oxygen atoms in total. The second-order valence-electron chi connectivity index (χ2n) is 12.9. The number of rotatable bonds is 3. The number of benzene rings is 1. The molecule has 2 fully saturated rings. The van der Waals surface area contributed by atoms with Crippen LogP contribution in [0.4, 0.5) is 0 Å². The average molecular weight is 552 g/mol. The number of allylic oxidation sites excluding steroid dienone is 2. The Kier molecular flexibility index (Phi) is 9.18. The third-order valence-corrected chi connectivity index (χ3v) is 8.96. The van der Waals surface area contributed by atoms with Crippen LogP contribution in [0.1, 0.15) is 91.9 Å². The van der Waals surface area contributed by atoms with Crippen LogP contribution in [0.3, 0.4) is 0 Å². The summed E-state index contributed by atoms with van der Waals surface area (Å²) in [7, 11) is 0. The first-order valence-corrected chi connectivity index (χ1v) is 14.6. The molecule has 0 spiro atoms. The number of aliphatic hydroxyl groups excluding tert-OH is 2. The molecule has 7 atom stereocenters. The van der Waals surface area contributed by atoms with Crippen molar-refractivity contribution >= 4 is 22.7 Å². The lowest BCUT2D eigenvalue weighted by atomic mass is 9.71. The number of esters is 1. The molecule has 1 aromatic heterocycles. The minimum absolute atomic E-state index is 0.0972. The Hall–Kier alpha value is -2.61. The number of carbonyl (C=O) groups is 2. The number of hydrogen-bond donors (Lipinski definition) is 2. The van der Waals surface area contributed by atoms with Gasteiger partial charge in [-0.3, -0.25) is 9.59 Å². The summed E-state index contributed by atoms with van der Waals surface area (Å²) in [5.74, 6) is -1.64. The number of ketones is 1. The quantitative estimate of drug-likeness (QED) is 0.279. The van der Waals surface area contributed by atoms with E-state index < -0.39 is 35.6 Å².